The molecule has 0 fully saturated rings. The third kappa shape index (κ3) is 4.13. The monoisotopic (exact) mass is 559 g/mol. The number of hydrogen-bond acceptors (Lipinski definition) is 5. The average Bonchev–Trinajstić information content (AvgIpc) is 3.54. The fourth-order valence-electron chi connectivity index (χ4n) is 5.71. The fraction of sp³-hybridized carbons (Fsp3) is 0.0556. The molecular formula is C36H25N5O2. The van der Waals surface area contributed by atoms with Crippen LogP contribution in [0.3, 0.4) is 0 Å². The number of rotatable bonds is 4. The summed E-state index contributed by atoms with van der Waals surface area (Å²) in [6, 6.07) is 38.3. The molecule has 0 unspecified atom stereocenters. The van der Waals surface area contributed by atoms with Crippen LogP contribution in [0.4, 0.5) is 0 Å². The van der Waals surface area contributed by atoms with Crippen LogP contribution in [0.2, 0.25) is 0 Å². The van der Waals surface area contributed by atoms with Crippen LogP contribution < -0.4 is 5.69 Å². The highest BCUT2D eigenvalue weighted by Gasteiger charge is 2.15. The van der Waals surface area contributed by atoms with Gasteiger partial charge in [0.15, 0.2) is 17.5 Å². The Kier molecular flexibility index (Phi) is 5.59. The Morgan fingerprint density at radius 3 is 1.81 bits per heavy atom. The first-order chi connectivity index (χ1) is 21.0. The van der Waals surface area contributed by atoms with Crippen LogP contribution in [-0.2, 0) is 14.1 Å². The van der Waals surface area contributed by atoms with Crippen molar-refractivity contribution in [2.45, 2.75) is 0 Å². The van der Waals surface area contributed by atoms with Gasteiger partial charge in [-0.1, -0.05) is 84.9 Å². The summed E-state index contributed by atoms with van der Waals surface area (Å²) in [7, 11) is 3.59. The van der Waals surface area contributed by atoms with Crippen LogP contribution >= 0.6 is 0 Å². The van der Waals surface area contributed by atoms with E-state index in [1.807, 2.05) is 84.9 Å². The molecule has 0 aliphatic rings. The highest BCUT2D eigenvalue weighted by atomic mass is 16.3. The molecule has 8 rings (SSSR count). The zero-order valence-corrected chi connectivity index (χ0v) is 23.5. The normalized spacial score (nSPS) is 11.6. The highest BCUT2D eigenvalue weighted by Crippen LogP contribution is 2.33. The Hall–Kier alpha value is -5.82. The second-order valence-electron chi connectivity index (χ2n) is 10.7. The molecule has 3 aromatic heterocycles. The van der Waals surface area contributed by atoms with Gasteiger partial charge in [0.1, 0.15) is 11.2 Å². The van der Waals surface area contributed by atoms with E-state index in [4.69, 9.17) is 19.4 Å². The van der Waals surface area contributed by atoms with E-state index in [9.17, 15) is 4.79 Å². The van der Waals surface area contributed by atoms with Crippen LogP contribution in [0.1, 0.15) is 0 Å². The molecule has 0 spiro atoms. The summed E-state index contributed by atoms with van der Waals surface area (Å²) >= 11 is 0. The Morgan fingerprint density at radius 1 is 0.488 bits per heavy atom. The first-order valence-electron chi connectivity index (χ1n) is 14.0. The van der Waals surface area contributed by atoms with E-state index in [-0.39, 0.29) is 5.69 Å². The molecule has 7 heteroatoms. The summed E-state index contributed by atoms with van der Waals surface area (Å²) in [6.45, 7) is 0. The molecule has 0 bridgehead atoms. The smallest absolute Gasteiger partial charge is 0.328 e. The molecule has 0 saturated carbocycles. The number of hydrogen-bond donors (Lipinski definition) is 0. The van der Waals surface area contributed by atoms with Crippen LogP contribution in [0.5, 0.6) is 0 Å². The van der Waals surface area contributed by atoms with Gasteiger partial charge >= 0.3 is 5.69 Å². The predicted octanol–water partition coefficient (Wildman–Crippen LogP) is 7.63. The molecule has 3 heterocycles. The number of furan rings is 1. The summed E-state index contributed by atoms with van der Waals surface area (Å²) in [5.41, 5.74) is 8.11. The van der Waals surface area contributed by atoms with E-state index in [2.05, 4.69) is 30.3 Å². The van der Waals surface area contributed by atoms with Crippen LogP contribution in [0, 0.1) is 0 Å². The minimum Gasteiger partial charge on any atom is -0.456 e. The molecule has 43 heavy (non-hydrogen) atoms. The van der Waals surface area contributed by atoms with E-state index in [0.29, 0.717) is 17.5 Å². The second kappa shape index (κ2) is 9.63. The molecule has 8 aromatic rings. The fourth-order valence-corrected chi connectivity index (χ4v) is 5.71. The lowest BCUT2D eigenvalue weighted by Crippen LogP contribution is -2.19. The molecule has 7 nitrogen and oxygen atoms in total. The Bertz CT molecular complexity index is 2380. The highest BCUT2D eigenvalue weighted by molar-refractivity contribution is 6.05. The first-order valence-corrected chi connectivity index (χ1v) is 14.0. The summed E-state index contributed by atoms with van der Waals surface area (Å²) in [5, 5.41) is 2.14. The lowest BCUT2D eigenvalue weighted by Gasteiger charge is -2.09. The van der Waals surface area contributed by atoms with Gasteiger partial charge in [0.25, 0.3) is 0 Å². The minimum atomic E-state index is -0.0400. The molecule has 0 aliphatic heterocycles. The van der Waals surface area contributed by atoms with Crippen molar-refractivity contribution in [2.24, 2.45) is 14.1 Å². The van der Waals surface area contributed by atoms with Crippen molar-refractivity contribution in [2.75, 3.05) is 0 Å². The van der Waals surface area contributed by atoms with Gasteiger partial charge in [-0.3, -0.25) is 9.13 Å². The van der Waals surface area contributed by atoms with E-state index in [0.717, 1.165) is 60.8 Å². The third-order valence-electron chi connectivity index (χ3n) is 8.05. The zero-order chi connectivity index (χ0) is 29.1. The molecule has 5 aromatic carbocycles. The van der Waals surface area contributed by atoms with E-state index >= 15 is 0 Å². The predicted molar refractivity (Wildman–Crippen MR) is 171 cm³/mol. The van der Waals surface area contributed by atoms with E-state index < -0.39 is 0 Å². The maximum absolute atomic E-state index is 12.4. The molecular weight excluding hydrogens is 534 g/mol. The Balaban J connectivity index is 1.23. The second-order valence-corrected chi connectivity index (χ2v) is 10.7. The quantitative estimate of drug-likeness (QED) is 0.222. The Labute approximate surface area is 246 Å². The van der Waals surface area contributed by atoms with Gasteiger partial charge in [-0.05, 0) is 41.5 Å². The molecule has 0 N–H and O–H groups in total. The number of imidazole rings is 1. The SMILES string of the molecule is Cn1c(=O)n(C)c2cc(-c3ccc(-c4nc(-c5ccccc5)nc(-c5ccc6c(c5)oc5ccccc56)n4)cc3)ccc21. The van der Waals surface area contributed by atoms with Gasteiger partial charge in [0.2, 0.25) is 0 Å². The van der Waals surface area contributed by atoms with Crippen molar-refractivity contribution in [3.05, 3.63) is 126 Å². The van der Waals surface area contributed by atoms with Crippen molar-refractivity contribution >= 4 is 33.0 Å². The largest absolute Gasteiger partial charge is 0.456 e. The van der Waals surface area contributed by atoms with Crippen molar-refractivity contribution in [3.63, 3.8) is 0 Å². The van der Waals surface area contributed by atoms with E-state index in [1.165, 1.54) is 0 Å². The molecule has 0 saturated heterocycles. The lowest BCUT2D eigenvalue weighted by atomic mass is 10.0. The van der Waals surface area contributed by atoms with E-state index in [1.54, 1.807) is 23.2 Å². The molecule has 0 amide bonds. The number of aromatic nitrogens is 5. The third-order valence-corrected chi connectivity index (χ3v) is 8.05. The van der Waals surface area contributed by atoms with Crippen molar-refractivity contribution < 1.29 is 4.42 Å². The Morgan fingerprint density at radius 2 is 1.05 bits per heavy atom. The summed E-state index contributed by atoms with van der Waals surface area (Å²) in [6.07, 6.45) is 0. The van der Waals surface area contributed by atoms with Gasteiger partial charge in [0, 0.05) is 41.6 Å². The zero-order valence-electron chi connectivity index (χ0n) is 23.5. The van der Waals surface area contributed by atoms with Gasteiger partial charge in [-0.15, -0.1) is 0 Å². The molecule has 0 atom stereocenters. The first kappa shape index (κ1) is 24.9. The maximum atomic E-state index is 12.4. The van der Waals surface area contributed by atoms with Gasteiger partial charge in [-0.25, -0.2) is 19.7 Å². The van der Waals surface area contributed by atoms with Gasteiger partial charge in [-0.2, -0.15) is 0 Å². The number of aryl methyl sites for hydroxylation is 2. The standard InChI is InChI=1S/C36H25N5O2/c1-40-29-19-17-25(20-30(29)41(2)36(40)42)22-12-14-24(15-13-22)34-37-33(23-8-4-3-5-9-23)38-35(39-34)26-16-18-28-27-10-6-7-11-31(27)43-32(28)21-26/h3-21H,1-2H3. The minimum absolute atomic E-state index is 0.0400. The number of fused-ring (bicyclic) bond motifs is 4. The number of para-hydroxylation sites is 1. The number of benzene rings is 5. The van der Waals surface area contributed by atoms with Crippen molar-refractivity contribution in [1.29, 1.82) is 0 Å². The summed E-state index contributed by atoms with van der Waals surface area (Å²) < 4.78 is 9.49. The van der Waals surface area contributed by atoms with Gasteiger partial charge < -0.3 is 4.42 Å². The van der Waals surface area contributed by atoms with Crippen molar-refractivity contribution in [1.82, 2.24) is 24.1 Å². The summed E-state index contributed by atoms with van der Waals surface area (Å²) in [4.78, 5) is 27.1. The van der Waals surface area contributed by atoms with Crippen LogP contribution in [0.25, 0.3) is 78.3 Å². The number of nitrogens with zero attached hydrogens (tertiary/aromatic N) is 5. The molecule has 0 radical (unpaired) electrons. The maximum Gasteiger partial charge on any atom is 0.328 e. The topological polar surface area (TPSA) is 78.7 Å². The van der Waals surface area contributed by atoms with Gasteiger partial charge in [0.05, 0.1) is 11.0 Å². The van der Waals surface area contributed by atoms with Crippen molar-refractivity contribution in [3.8, 4) is 45.3 Å². The van der Waals surface area contributed by atoms with Crippen LogP contribution in [0.15, 0.2) is 124 Å². The lowest BCUT2D eigenvalue weighted by molar-refractivity contribution is 0.669. The average molecular weight is 560 g/mol. The molecule has 0 aliphatic carbocycles. The molecule has 206 valence electrons. The van der Waals surface area contributed by atoms with Crippen LogP contribution in [-0.4, -0.2) is 24.1 Å². The summed E-state index contributed by atoms with van der Waals surface area (Å²) in [5.74, 6) is 1.76.